The number of Topliss-reactive ketones (excluding diaryl/α,β-unsaturated/α-hetero) is 2. The summed E-state index contributed by atoms with van der Waals surface area (Å²) in [5.41, 5.74) is -1.51. The van der Waals surface area contributed by atoms with Crippen LogP contribution in [-0.4, -0.2) is 53.1 Å². The number of rotatable bonds is 11. The summed E-state index contributed by atoms with van der Waals surface area (Å²) in [4.78, 5) is 24.2. The standard InChI is InChI=1S/C20H30O8S2/c21-17-9-15-3-5-19(17,11-15)13-29(23,24)27-7-1-2-8-28-30(25,26)14-20-6-4-16(12-20)10-18(20)22/h15-16H,1-14H2/t15-,16-,19-,20+/m1/s1. The highest BCUT2D eigenvalue weighted by Gasteiger charge is 2.54. The third kappa shape index (κ3) is 4.52. The van der Waals surface area contributed by atoms with Crippen LogP contribution in [0.2, 0.25) is 0 Å². The predicted octanol–water partition coefficient (Wildman–Crippen LogP) is 1.98. The quantitative estimate of drug-likeness (QED) is 0.338. The van der Waals surface area contributed by atoms with Gasteiger partial charge < -0.3 is 0 Å². The summed E-state index contributed by atoms with van der Waals surface area (Å²) in [6, 6.07) is 0. The smallest absolute Gasteiger partial charge is 0.268 e. The highest BCUT2D eigenvalue weighted by atomic mass is 32.2. The molecule has 0 saturated heterocycles. The Morgan fingerprint density at radius 3 is 1.43 bits per heavy atom. The SMILES string of the molecule is O=C1C[C@H]2CC[C@@]1(CS(=O)(=O)OCCCCOS(=O)(=O)C[C@]13CC[C@H](CC1=O)C3)C2. The fourth-order valence-corrected chi connectivity index (χ4v) is 9.16. The van der Waals surface area contributed by atoms with Crippen LogP contribution in [0.5, 0.6) is 0 Å². The molecule has 170 valence electrons. The zero-order chi connectivity index (χ0) is 21.6. The highest BCUT2D eigenvalue weighted by Crippen LogP contribution is 2.53. The summed E-state index contributed by atoms with van der Waals surface area (Å²) in [7, 11) is -7.61. The van der Waals surface area contributed by atoms with Crippen LogP contribution in [0.4, 0.5) is 0 Å². The minimum atomic E-state index is -3.80. The lowest BCUT2D eigenvalue weighted by Gasteiger charge is -2.24. The van der Waals surface area contributed by atoms with Gasteiger partial charge in [-0.15, -0.1) is 0 Å². The van der Waals surface area contributed by atoms with E-state index in [-0.39, 0.29) is 36.3 Å². The summed E-state index contributed by atoms with van der Waals surface area (Å²) in [5, 5.41) is 0. The van der Waals surface area contributed by atoms with Crippen molar-refractivity contribution in [3.8, 4) is 0 Å². The van der Waals surface area contributed by atoms with Crippen molar-refractivity contribution in [2.45, 2.75) is 64.2 Å². The van der Waals surface area contributed by atoms with Crippen LogP contribution in [0, 0.1) is 22.7 Å². The van der Waals surface area contributed by atoms with E-state index in [2.05, 4.69) is 0 Å². The minimum Gasteiger partial charge on any atom is -0.299 e. The number of hydrogen-bond donors (Lipinski definition) is 0. The van der Waals surface area contributed by atoms with Gasteiger partial charge in [-0.25, -0.2) is 0 Å². The molecule has 30 heavy (non-hydrogen) atoms. The number of ketones is 2. The van der Waals surface area contributed by atoms with Gasteiger partial charge in [-0.1, -0.05) is 0 Å². The lowest BCUT2D eigenvalue weighted by atomic mass is 9.85. The molecule has 4 rings (SSSR count). The van der Waals surface area contributed by atoms with Gasteiger partial charge in [-0.05, 0) is 63.2 Å². The normalized spacial score (nSPS) is 35.6. The minimum absolute atomic E-state index is 0.0401. The summed E-state index contributed by atoms with van der Waals surface area (Å²) < 4.78 is 59.2. The molecular formula is C20H30O8S2. The van der Waals surface area contributed by atoms with Crippen molar-refractivity contribution in [3.05, 3.63) is 0 Å². The Labute approximate surface area is 178 Å². The van der Waals surface area contributed by atoms with Crippen molar-refractivity contribution in [2.75, 3.05) is 24.7 Å². The van der Waals surface area contributed by atoms with Crippen LogP contribution in [0.25, 0.3) is 0 Å². The average molecular weight is 463 g/mol. The lowest BCUT2D eigenvalue weighted by Crippen LogP contribution is -2.34. The monoisotopic (exact) mass is 462 g/mol. The summed E-state index contributed by atoms with van der Waals surface area (Å²) >= 11 is 0. The van der Waals surface area contributed by atoms with Gasteiger partial charge in [0.25, 0.3) is 20.2 Å². The maximum atomic E-state index is 12.3. The first kappa shape index (κ1) is 22.4. The molecule has 4 aliphatic carbocycles. The largest absolute Gasteiger partial charge is 0.299 e. The van der Waals surface area contributed by atoms with E-state index < -0.39 is 31.1 Å². The van der Waals surface area contributed by atoms with E-state index in [1.807, 2.05) is 0 Å². The molecule has 0 aliphatic heterocycles. The second-order valence-corrected chi connectivity index (χ2v) is 13.1. The fourth-order valence-electron chi connectivity index (χ4n) is 6.05. The van der Waals surface area contributed by atoms with Crippen LogP contribution >= 0.6 is 0 Å². The number of carbonyl (C=O) groups is 2. The first-order valence-electron chi connectivity index (χ1n) is 10.8. The second-order valence-electron chi connectivity index (χ2n) is 9.79. The fraction of sp³-hybridized carbons (Fsp3) is 0.900. The van der Waals surface area contributed by atoms with Crippen LogP contribution in [0.1, 0.15) is 64.2 Å². The number of fused-ring (bicyclic) bond motifs is 4. The maximum absolute atomic E-state index is 12.3. The van der Waals surface area contributed by atoms with E-state index in [4.69, 9.17) is 8.37 Å². The Balaban J connectivity index is 1.16. The van der Waals surface area contributed by atoms with E-state index in [9.17, 15) is 26.4 Å². The predicted molar refractivity (Wildman–Crippen MR) is 108 cm³/mol. The molecule has 0 aromatic heterocycles. The van der Waals surface area contributed by atoms with Gasteiger partial charge in [0.2, 0.25) is 0 Å². The van der Waals surface area contributed by atoms with Gasteiger partial charge in [0.15, 0.2) is 0 Å². The molecule has 4 aliphatic rings. The molecule has 4 saturated carbocycles. The van der Waals surface area contributed by atoms with Gasteiger partial charge in [0.05, 0.1) is 24.7 Å². The topological polar surface area (TPSA) is 121 Å². The van der Waals surface area contributed by atoms with Crippen LogP contribution < -0.4 is 0 Å². The van der Waals surface area contributed by atoms with Gasteiger partial charge >= 0.3 is 0 Å². The first-order chi connectivity index (χ1) is 14.0. The molecule has 4 bridgehead atoms. The van der Waals surface area contributed by atoms with Crippen molar-refractivity contribution >= 4 is 31.8 Å². The third-order valence-corrected chi connectivity index (χ3v) is 10.4. The molecule has 0 aromatic carbocycles. The zero-order valence-electron chi connectivity index (χ0n) is 17.1. The summed E-state index contributed by atoms with van der Waals surface area (Å²) in [6.07, 6.45) is 5.95. The van der Waals surface area contributed by atoms with Crippen molar-refractivity contribution in [1.29, 1.82) is 0 Å². The summed E-state index contributed by atoms with van der Waals surface area (Å²) in [6.45, 7) is -0.132. The molecule has 4 fully saturated rings. The lowest BCUT2D eigenvalue weighted by molar-refractivity contribution is -0.126. The molecule has 0 unspecified atom stereocenters. The molecule has 10 heteroatoms. The first-order valence-corrected chi connectivity index (χ1v) is 14.0. The number of carbonyl (C=O) groups excluding carboxylic acids is 2. The molecule has 8 nitrogen and oxygen atoms in total. The maximum Gasteiger partial charge on any atom is 0.268 e. The molecule has 0 spiro atoms. The van der Waals surface area contributed by atoms with E-state index in [0.29, 0.717) is 63.2 Å². The Morgan fingerprint density at radius 1 is 0.733 bits per heavy atom. The van der Waals surface area contributed by atoms with E-state index in [0.717, 1.165) is 12.8 Å². The highest BCUT2D eigenvalue weighted by molar-refractivity contribution is 7.87. The van der Waals surface area contributed by atoms with Gasteiger partial charge in [0, 0.05) is 23.7 Å². The van der Waals surface area contributed by atoms with Crippen molar-refractivity contribution in [3.63, 3.8) is 0 Å². The molecule has 4 atom stereocenters. The number of unbranched alkanes of at least 4 members (excludes halogenated alkanes) is 1. The van der Waals surface area contributed by atoms with Crippen LogP contribution in [0.3, 0.4) is 0 Å². The van der Waals surface area contributed by atoms with E-state index >= 15 is 0 Å². The average Bonchev–Trinajstić information content (AvgIpc) is 3.35. The van der Waals surface area contributed by atoms with Gasteiger partial charge in [-0.3, -0.25) is 18.0 Å². The Kier molecular flexibility index (Phi) is 5.91. The van der Waals surface area contributed by atoms with E-state index in [1.54, 1.807) is 0 Å². The number of hydrogen-bond acceptors (Lipinski definition) is 8. The van der Waals surface area contributed by atoms with Gasteiger partial charge in [0.1, 0.15) is 11.6 Å². The molecule has 0 aromatic rings. The Morgan fingerprint density at radius 2 is 1.13 bits per heavy atom. The third-order valence-electron chi connectivity index (χ3n) is 7.52. The molecule has 0 radical (unpaired) electrons. The zero-order valence-corrected chi connectivity index (χ0v) is 18.8. The van der Waals surface area contributed by atoms with Crippen molar-refractivity contribution in [2.24, 2.45) is 22.7 Å². The Bertz CT molecular complexity index is 848. The van der Waals surface area contributed by atoms with Crippen molar-refractivity contribution < 1.29 is 34.8 Å². The molecule has 0 N–H and O–H groups in total. The molecule has 0 heterocycles. The van der Waals surface area contributed by atoms with Crippen LogP contribution in [-0.2, 0) is 38.2 Å². The van der Waals surface area contributed by atoms with Gasteiger partial charge in [-0.2, -0.15) is 16.8 Å². The van der Waals surface area contributed by atoms with Crippen LogP contribution in [0.15, 0.2) is 0 Å². The summed E-state index contributed by atoms with van der Waals surface area (Å²) in [5.74, 6) is 0.216. The molecular weight excluding hydrogens is 432 g/mol. The molecule has 0 amide bonds. The van der Waals surface area contributed by atoms with Crippen molar-refractivity contribution in [1.82, 2.24) is 0 Å². The second kappa shape index (κ2) is 7.94. The Hall–Kier alpha value is -0.840. The van der Waals surface area contributed by atoms with E-state index in [1.165, 1.54) is 0 Å².